The lowest BCUT2D eigenvalue weighted by Crippen LogP contribution is -2.70. The SMILES string of the molecule is O=C(Cc1ccc(Cl)c(Cl)c1)N1CCN[C@H]2COC[C@@H](N3CCCC3)[C@@H]21. The third kappa shape index (κ3) is 3.73. The van der Waals surface area contributed by atoms with E-state index >= 15 is 0 Å². The molecule has 0 saturated carbocycles. The minimum absolute atomic E-state index is 0.158. The van der Waals surface area contributed by atoms with Crippen LogP contribution in [0.15, 0.2) is 18.2 Å². The maximum absolute atomic E-state index is 13.1. The molecular formula is C19H25Cl2N3O2. The number of hydrogen-bond acceptors (Lipinski definition) is 4. The van der Waals surface area contributed by atoms with Crippen molar-refractivity contribution in [1.82, 2.24) is 15.1 Å². The quantitative estimate of drug-likeness (QED) is 0.848. The van der Waals surface area contributed by atoms with E-state index in [0.29, 0.717) is 29.7 Å². The zero-order valence-corrected chi connectivity index (χ0v) is 16.3. The molecule has 1 aromatic carbocycles. The van der Waals surface area contributed by atoms with Crippen LogP contribution in [0.5, 0.6) is 0 Å². The van der Waals surface area contributed by atoms with E-state index in [0.717, 1.165) is 31.7 Å². The Balaban J connectivity index is 1.52. The average molecular weight is 398 g/mol. The van der Waals surface area contributed by atoms with Crippen LogP contribution < -0.4 is 5.32 Å². The molecule has 3 aliphatic heterocycles. The van der Waals surface area contributed by atoms with E-state index in [1.165, 1.54) is 12.8 Å². The van der Waals surface area contributed by atoms with Gasteiger partial charge in [0.15, 0.2) is 0 Å². The second-order valence-electron chi connectivity index (χ2n) is 7.41. The fourth-order valence-corrected chi connectivity index (χ4v) is 4.84. The van der Waals surface area contributed by atoms with Gasteiger partial charge in [0.05, 0.1) is 47.8 Å². The molecule has 3 heterocycles. The third-order valence-corrected chi connectivity index (χ3v) is 6.52. The second-order valence-corrected chi connectivity index (χ2v) is 8.23. The number of hydrogen-bond donors (Lipinski definition) is 1. The van der Waals surface area contributed by atoms with Crippen molar-refractivity contribution in [3.63, 3.8) is 0 Å². The van der Waals surface area contributed by atoms with Crippen LogP contribution >= 0.6 is 23.2 Å². The van der Waals surface area contributed by atoms with Gasteiger partial charge in [0.1, 0.15) is 0 Å². The van der Waals surface area contributed by atoms with Gasteiger partial charge < -0.3 is 15.0 Å². The Kier molecular flexibility index (Phi) is 5.72. The molecule has 3 atom stereocenters. The molecule has 3 fully saturated rings. The summed E-state index contributed by atoms with van der Waals surface area (Å²) in [5, 5.41) is 4.57. The van der Waals surface area contributed by atoms with Gasteiger partial charge in [-0.1, -0.05) is 29.3 Å². The second kappa shape index (κ2) is 8.03. The van der Waals surface area contributed by atoms with Crippen LogP contribution in [0.2, 0.25) is 10.0 Å². The van der Waals surface area contributed by atoms with Crippen molar-refractivity contribution in [3.8, 4) is 0 Å². The zero-order valence-electron chi connectivity index (χ0n) is 14.8. The number of rotatable bonds is 3. The Morgan fingerprint density at radius 2 is 1.96 bits per heavy atom. The van der Waals surface area contributed by atoms with E-state index in [-0.39, 0.29) is 24.0 Å². The number of nitrogens with zero attached hydrogens (tertiary/aromatic N) is 2. The van der Waals surface area contributed by atoms with Gasteiger partial charge in [-0.3, -0.25) is 9.69 Å². The van der Waals surface area contributed by atoms with Crippen LogP contribution in [0.1, 0.15) is 18.4 Å². The highest BCUT2D eigenvalue weighted by Gasteiger charge is 2.44. The Morgan fingerprint density at radius 1 is 1.15 bits per heavy atom. The fraction of sp³-hybridized carbons (Fsp3) is 0.632. The topological polar surface area (TPSA) is 44.8 Å². The number of fused-ring (bicyclic) bond motifs is 1. The molecule has 1 amide bonds. The lowest BCUT2D eigenvalue weighted by Gasteiger charge is -2.50. The Bertz CT molecular complexity index is 664. The molecule has 0 unspecified atom stereocenters. The standard InChI is InChI=1S/C19H25Cl2N3O2/c20-14-4-3-13(9-15(14)21)10-18(25)24-8-5-22-16-11-26-12-17(19(16)24)23-6-1-2-7-23/h3-4,9,16-17,19,22H,1-2,5-8,10-12H2/t16-,17+,19+/m0/s1. The molecule has 0 aliphatic carbocycles. The summed E-state index contributed by atoms with van der Waals surface area (Å²) < 4.78 is 5.87. The molecular weight excluding hydrogens is 373 g/mol. The first-order valence-corrected chi connectivity index (χ1v) is 10.2. The molecule has 142 valence electrons. The lowest BCUT2D eigenvalue weighted by molar-refractivity contribution is -0.142. The summed E-state index contributed by atoms with van der Waals surface area (Å²) in [6, 6.07) is 6.10. The number of carbonyl (C=O) groups is 1. The molecule has 0 bridgehead atoms. The van der Waals surface area contributed by atoms with Gasteiger partial charge in [-0.15, -0.1) is 0 Å². The van der Waals surface area contributed by atoms with Gasteiger partial charge in [-0.05, 0) is 43.6 Å². The van der Waals surface area contributed by atoms with E-state index in [2.05, 4.69) is 15.1 Å². The number of amides is 1. The summed E-state index contributed by atoms with van der Waals surface area (Å²) in [5.41, 5.74) is 0.907. The Labute approximate surface area is 164 Å². The van der Waals surface area contributed by atoms with Crippen molar-refractivity contribution in [2.75, 3.05) is 39.4 Å². The molecule has 0 radical (unpaired) electrons. The first-order chi connectivity index (χ1) is 12.6. The predicted molar refractivity (Wildman–Crippen MR) is 103 cm³/mol. The van der Waals surface area contributed by atoms with Crippen LogP contribution in [-0.2, 0) is 16.0 Å². The van der Waals surface area contributed by atoms with E-state index in [4.69, 9.17) is 27.9 Å². The van der Waals surface area contributed by atoms with Crippen molar-refractivity contribution in [2.24, 2.45) is 0 Å². The average Bonchev–Trinajstić information content (AvgIpc) is 3.18. The summed E-state index contributed by atoms with van der Waals surface area (Å²) in [4.78, 5) is 17.7. The number of ether oxygens (including phenoxy) is 1. The predicted octanol–water partition coefficient (Wildman–Crippen LogP) is 2.20. The van der Waals surface area contributed by atoms with E-state index in [1.807, 2.05) is 6.07 Å². The number of benzene rings is 1. The minimum atomic E-state index is 0.158. The van der Waals surface area contributed by atoms with Gasteiger partial charge in [0.2, 0.25) is 5.91 Å². The third-order valence-electron chi connectivity index (χ3n) is 5.78. The molecule has 4 rings (SSSR count). The summed E-state index contributed by atoms with van der Waals surface area (Å²) in [6.07, 6.45) is 2.82. The summed E-state index contributed by atoms with van der Waals surface area (Å²) in [5.74, 6) is 0.158. The van der Waals surface area contributed by atoms with E-state index in [9.17, 15) is 4.79 Å². The minimum Gasteiger partial charge on any atom is -0.378 e. The molecule has 1 N–H and O–H groups in total. The normalized spacial score (nSPS) is 29.6. The van der Waals surface area contributed by atoms with Crippen molar-refractivity contribution in [2.45, 2.75) is 37.4 Å². The number of likely N-dealkylation sites (tertiary alicyclic amines) is 1. The fourth-order valence-electron chi connectivity index (χ4n) is 4.52. The van der Waals surface area contributed by atoms with Crippen LogP contribution in [0, 0.1) is 0 Å². The molecule has 26 heavy (non-hydrogen) atoms. The number of carbonyl (C=O) groups excluding carboxylic acids is 1. The zero-order chi connectivity index (χ0) is 18.1. The van der Waals surface area contributed by atoms with Crippen LogP contribution in [0.4, 0.5) is 0 Å². The van der Waals surface area contributed by atoms with Gasteiger partial charge in [-0.25, -0.2) is 0 Å². The van der Waals surface area contributed by atoms with Crippen LogP contribution in [-0.4, -0.2) is 73.2 Å². The number of nitrogens with one attached hydrogen (secondary N) is 1. The lowest BCUT2D eigenvalue weighted by atomic mass is 9.92. The maximum Gasteiger partial charge on any atom is 0.227 e. The molecule has 0 spiro atoms. The van der Waals surface area contributed by atoms with Gasteiger partial charge in [-0.2, -0.15) is 0 Å². The van der Waals surface area contributed by atoms with Crippen molar-refractivity contribution >= 4 is 29.1 Å². The maximum atomic E-state index is 13.1. The van der Waals surface area contributed by atoms with Gasteiger partial charge in [0, 0.05) is 13.1 Å². The highest BCUT2D eigenvalue weighted by atomic mass is 35.5. The van der Waals surface area contributed by atoms with Crippen molar-refractivity contribution < 1.29 is 9.53 Å². The Hall–Kier alpha value is -0.850. The Morgan fingerprint density at radius 3 is 2.73 bits per heavy atom. The number of piperazine rings is 1. The summed E-state index contributed by atoms with van der Waals surface area (Å²) in [6.45, 7) is 5.14. The molecule has 3 aliphatic rings. The highest BCUT2D eigenvalue weighted by molar-refractivity contribution is 6.42. The molecule has 7 heteroatoms. The first kappa shape index (κ1) is 18.5. The molecule has 5 nitrogen and oxygen atoms in total. The summed E-state index contributed by atoms with van der Waals surface area (Å²) >= 11 is 12.1. The largest absolute Gasteiger partial charge is 0.378 e. The van der Waals surface area contributed by atoms with Gasteiger partial charge in [0.25, 0.3) is 0 Å². The van der Waals surface area contributed by atoms with Crippen molar-refractivity contribution in [1.29, 1.82) is 0 Å². The summed E-state index contributed by atoms with van der Waals surface area (Å²) in [7, 11) is 0. The molecule has 1 aromatic rings. The van der Waals surface area contributed by atoms with Gasteiger partial charge >= 0.3 is 0 Å². The first-order valence-electron chi connectivity index (χ1n) is 9.42. The monoisotopic (exact) mass is 397 g/mol. The van der Waals surface area contributed by atoms with Crippen LogP contribution in [0.3, 0.4) is 0 Å². The van der Waals surface area contributed by atoms with E-state index in [1.54, 1.807) is 12.1 Å². The number of halogens is 2. The highest BCUT2D eigenvalue weighted by Crippen LogP contribution is 2.27. The molecule has 0 aromatic heterocycles. The van der Waals surface area contributed by atoms with Crippen LogP contribution in [0.25, 0.3) is 0 Å². The molecule has 3 saturated heterocycles. The van der Waals surface area contributed by atoms with Crippen molar-refractivity contribution in [3.05, 3.63) is 33.8 Å². The van der Waals surface area contributed by atoms with E-state index < -0.39 is 0 Å². The smallest absolute Gasteiger partial charge is 0.227 e.